The molecule has 0 fully saturated rings. The van der Waals surface area contributed by atoms with E-state index in [2.05, 4.69) is 67.8 Å². The zero-order chi connectivity index (χ0) is 9.28. The van der Waals surface area contributed by atoms with Crippen molar-refractivity contribution in [3.8, 4) is 0 Å². The lowest BCUT2D eigenvalue weighted by molar-refractivity contribution is -0.112. The van der Waals surface area contributed by atoms with Crippen LogP contribution in [-0.2, 0) is 4.79 Å². The van der Waals surface area contributed by atoms with Gasteiger partial charge in [-0.25, -0.2) is 0 Å². The fourth-order valence-electron chi connectivity index (χ4n) is 0.284. The lowest BCUT2D eigenvalue weighted by Crippen LogP contribution is -1.77. The van der Waals surface area contributed by atoms with E-state index in [4.69, 9.17) is 0 Å². The third-order valence-corrected chi connectivity index (χ3v) is 0.588. The van der Waals surface area contributed by atoms with Crippen molar-refractivity contribution < 1.29 is 4.79 Å². The van der Waals surface area contributed by atoms with Crippen molar-refractivity contribution in [1.29, 1.82) is 0 Å². The number of carbonyl (C=O) groups excluding carboxylic acids is 1. The number of hydrogen-bond donors (Lipinski definition) is 0. The first-order chi connectivity index (χ1) is 5.00. The highest BCUT2D eigenvalue weighted by Crippen LogP contribution is 2.16. The van der Waals surface area contributed by atoms with Crippen LogP contribution in [0, 0.1) is 0 Å². The predicted molar refractivity (Wildman–Crippen MR) is 76.0 cm³/mol. The molecule has 4 heteroatoms. The molecule has 0 saturated heterocycles. The second-order valence-electron chi connectivity index (χ2n) is 1.67. The summed E-state index contributed by atoms with van der Waals surface area (Å²) in [5.41, 5.74) is 0. The number of alkyl halides is 3. The Morgan fingerprint density at radius 3 is 1.91 bits per heavy atom. The molecule has 0 aromatic rings. The Hall–Kier alpha value is 1.60. The molecule has 0 rings (SSSR count). The van der Waals surface area contributed by atoms with Crippen LogP contribution in [-0.4, -0.2) is 5.72 Å². The molecule has 0 amide bonds. The van der Waals surface area contributed by atoms with E-state index in [-0.39, 0.29) is 5.78 Å². The summed E-state index contributed by atoms with van der Waals surface area (Å²) in [7, 11) is 0. The number of hydrogen-bond acceptors (Lipinski definition) is 1. The van der Waals surface area contributed by atoms with Crippen molar-refractivity contribution in [1.82, 2.24) is 0 Å². The minimum atomic E-state index is 0.127. The van der Waals surface area contributed by atoms with E-state index in [1.54, 1.807) is 13.0 Å². The molecule has 0 N–H and O–H groups in total. The summed E-state index contributed by atoms with van der Waals surface area (Å²) in [5, 5.41) is 0. The van der Waals surface area contributed by atoms with Gasteiger partial charge in [-0.05, 0) is 19.4 Å². The lowest BCUT2D eigenvalue weighted by Gasteiger charge is -1.73. The van der Waals surface area contributed by atoms with E-state index in [9.17, 15) is 4.79 Å². The van der Waals surface area contributed by atoms with Crippen molar-refractivity contribution in [3.05, 3.63) is 12.2 Å². The molecule has 0 aliphatic carbocycles. The van der Waals surface area contributed by atoms with Crippen molar-refractivity contribution in [2.24, 2.45) is 0 Å². The first-order valence-corrected chi connectivity index (χ1v) is 6.83. The third kappa shape index (κ3) is 34.1. The summed E-state index contributed by atoms with van der Waals surface area (Å²) in [5.74, 6) is 0.127. The van der Waals surface area contributed by atoms with Gasteiger partial charge in [-0.15, -0.1) is 0 Å². The Morgan fingerprint density at radius 2 is 1.82 bits per heavy atom. The van der Waals surface area contributed by atoms with Gasteiger partial charge in [0, 0.05) is 0 Å². The molecule has 66 valence electrons. The molecule has 0 aromatic carbocycles. The second-order valence-corrected chi connectivity index (χ2v) is 12.6. The summed E-state index contributed by atoms with van der Waals surface area (Å²) in [6.07, 6.45) is 4.38. The van der Waals surface area contributed by atoms with Gasteiger partial charge >= 0.3 is 0 Å². The van der Waals surface area contributed by atoms with Crippen LogP contribution in [0.15, 0.2) is 12.2 Å². The molecule has 0 spiro atoms. The van der Waals surface area contributed by atoms with Gasteiger partial charge in [0.2, 0.25) is 0 Å². The molecule has 0 aliphatic heterocycles. The smallest absolute Gasteiger partial charge is 0.152 e. The molecule has 0 atom stereocenters. The Kier molecular flexibility index (Phi) is 15.9. The fraction of sp³-hybridized carbons (Fsp3) is 0.571. The van der Waals surface area contributed by atoms with E-state index in [1.807, 2.05) is 13.0 Å². The van der Waals surface area contributed by atoms with Crippen LogP contribution >= 0.6 is 67.8 Å². The summed E-state index contributed by atoms with van der Waals surface area (Å²) in [6, 6.07) is 0. The van der Waals surface area contributed by atoms with Gasteiger partial charge in [-0.2, -0.15) is 0 Å². The molecule has 0 heterocycles. The predicted octanol–water partition coefficient (Wildman–Crippen LogP) is 4.12. The standard InChI is InChI=1S/C6H10O.CHI3/c1-3-4-5-6(2)7;2-1(3)4/h4-5H,3H2,1-2H3;1H/b5-4+;. The van der Waals surface area contributed by atoms with Gasteiger partial charge < -0.3 is 0 Å². The van der Waals surface area contributed by atoms with Crippen LogP contribution in [0.25, 0.3) is 0 Å². The van der Waals surface area contributed by atoms with Crippen molar-refractivity contribution in [2.45, 2.75) is 20.2 Å². The summed E-state index contributed by atoms with van der Waals surface area (Å²) in [6.45, 7) is 3.55. The minimum absolute atomic E-state index is 0.127. The summed E-state index contributed by atoms with van der Waals surface area (Å²) < 4.78 is 0.743. The van der Waals surface area contributed by atoms with Gasteiger partial charge in [-0.3, -0.25) is 4.79 Å². The fourth-order valence-corrected chi connectivity index (χ4v) is 0.284. The maximum Gasteiger partial charge on any atom is 0.152 e. The molecule has 0 bridgehead atoms. The minimum Gasteiger partial charge on any atom is -0.295 e. The highest BCUT2D eigenvalue weighted by atomic mass is 127. The average molecular weight is 492 g/mol. The van der Waals surface area contributed by atoms with Crippen LogP contribution < -0.4 is 0 Å². The first kappa shape index (κ1) is 15.1. The number of carbonyl (C=O) groups is 1. The van der Waals surface area contributed by atoms with Crippen LogP contribution in [0.5, 0.6) is 0 Å². The van der Waals surface area contributed by atoms with Gasteiger partial charge in [0.25, 0.3) is 0 Å². The highest BCUT2D eigenvalue weighted by Gasteiger charge is 1.76. The summed E-state index contributed by atoms with van der Waals surface area (Å²) >= 11 is 6.95. The number of ketones is 1. The molecule has 11 heavy (non-hydrogen) atoms. The average Bonchev–Trinajstić information content (AvgIpc) is 1.82. The third-order valence-electron chi connectivity index (χ3n) is 0.588. The van der Waals surface area contributed by atoms with E-state index in [0.29, 0.717) is 0 Å². The van der Waals surface area contributed by atoms with Gasteiger partial charge in [0.1, 0.15) is -0.0619 Å². The van der Waals surface area contributed by atoms with Crippen LogP contribution in [0.4, 0.5) is 0 Å². The SMILES string of the molecule is CC/C=C/C(C)=O.IC(I)I. The Labute approximate surface area is 109 Å². The largest absolute Gasteiger partial charge is 0.295 e. The Balaban J connectivity index is 0. The monoisotopic (exact) mass is 492 g/mol. The quantitative estimate of drug-likeness (QED) is 0.323. The molecule has 0 radical (unpaired) electrons. The van der Waals surface area contributed by atoms with E-state index >= 15 is 0 Å². The lowest BCUT2D eigenvalue weighted by atomic mass is 10.3. The molecule has 0 saturated carbocycles. The number of rotatable bonds is 2. The topological polar surface area (TPSA) is 17.1 Å². The summed E-state index contributed by atoms with van der Waals surface area (Å²) in [4.78, 5) is 10.1. The van der Waals surface area contributed by atoms with E-state index in [1.165, 1.54) is 0 Å². The maximum absolute atomic E-state index is 10.1. The Morgan fingerprint density at radius 1 is 1.45 bits per heavy atom. The molecule has 0 aliphatic rings. The van der Waals surface area contributed by atoms with Crippen LogP contribution in [0.2, 0.25) is 0 Å². The number of allylic oxidation sites excluding steroid dienone is 2. The molecular weight excluding hydrogens is 481 g/mol. The van der Waals surface area contributed by atoms with Gasteiger partial charge in [0.15, 0.2) is 5.78 Å². The second kappa shape index (κ2) is 11.6. The van der Waals surface area contributed by atoms with Gasteiger partial charge in [-0.1, -0.05) is 80.8 Å². The maximum atomic E-state index is 10.1. The van der Waals surface area contributed by atoms with E-state index in [0.717, 1.165) is 6.36 Å². The molecular formula is C7H11I3O. The van der Waals surface area contributed by atoms with Crippen LogP contribution in [0.3, 0.4) is 0 Å². The highest BCUT2D eigenvalue weighted by molar-refractivity contribution is 14.3. The zero-order valence-corrected chi connectivity index (χ0v) is 13.0. The van der Waals surface area contributed by atoms with Crippen LogP contribution in [0.1, 0.15) is 20.3 Å². The first-order valence-electron chi connectivity index (χ1n) is 3.10. The van der Waals surface area contributed by atoms with E-state index < -0.39 is 0 Å². The molecule has 1 nitrogen and oxygen atoms in total. The number of halogens is 3. The van der Waals surface area contributed by atoms with Crippen molar-refractivity contribution in [2.75, 3.05) is 0 Å². The van der Waals surface area contributed by atoms with Crippen molar-refractivity contribution in [3.63, 3.8) is 0 Å². The van der Waals surface area contributed by atoms with Crippen molar-refractivity contribution >= 4 is 73.6 Å². The van der Waals surface area contributed by atoms with Gasteiger partial charge in [0.05, 0.1) is 0 Å². The molecule has 0 unspecified atom stereocenters. The Bertz CT molecular complexity index is 118. The molecule has 0 aromatic heterocycles. The zero-order valence-electron chi connectivity index (χ0n) is 6.48. The normalized spacial score (nSPS) is 9.64.